The van der Waals surface area contributed by atoms with Crippen molar-refractivity contribution in [2.45, 2.75) is 24.5 Å². The molecule has 0 aromatic heterocycles. The molecule has 2 aromatic carbocycles. The Kier molecular flexibility index (Phi) is 5.36. The van der Waals surface area contributed by atoms with Crippen molar-refractivity contribution in [1.82, 2.24) is 4.90 Å². The van der Waals surface area contributed by atoms with Crippen molar-refractivity contribution in [2.24, 2.45) is 0 Å². The number of rotatable bonds is 6. The second-order valence-electron chi connectivity index (χ2n) is 5.82. The van der Waals surface area contributed by atoms with Gasteiger partial charge in [-0.2, -0.15) is 0 Å². The van der Waals surface area contributed by atoms with Gasteiger partial charge < -0.3 is 9.64 Å². The zero-order chi connectivity index (χ0) is 16.1. The smallest absolute Gasteiger partial charge is 0.233 e. The summed E-state index contributed by atoms with van der Waals surface area (Å²) in [4.78, 5) is 15.1. The minimum Gasteiger partial charge on any atom is -0.370 e. The van der Waals surface area contributed by atoms with E-state index < -0.39 is 0 Å². The van der Waals surface area contributed by atoms with Crippen LogP contribution in [0.5, 0.6) is 0 Å². The quantitative estimate of drug-likeness (QED) is 0.760. The first-order valence-corrected chi connectivity index (χ1v) is 8.82. The van der Waals surface area contributed by atoms with Gasteiger partial charge in [-0.25, -0.2) is 0 Å². The highest BCUT2D eigenvalue weighted by atomic mass is 32.2. The van der Waals surface area contributed by atoms with E-state index in [2.05, 4.69) is 31.2 Å². The van der Waals surface area contributed by atoms with Crippen LogP contribution in [-0.4, -0.2) is 35.8 Å². The number of aryl methyl sites for hydroxylation is 1. The predicted octanol–water partition coefficient (Wildman–Crippen LogP) is 3.51. The molecule has 0 atom stereocenters. The molecule has 0 radical (unpaired) electrons. The Balaban J connectivity index is 1.35. The average molecular weight is 327 g/mol. The third-order valence-electron chi connectivity index (χ3n) is 3.91. The molecule has 0 N–H and O–H groups in total. The minimum atomic E-state index is 0.168. The molecule has 3 rings (SSSR count). The molecule has 120 valence electrons. The predicted molar refractivity (Wildman–Crippen MR) is 93.5 cm³/mol. The fourth-order valence-corrected chi connectivity index (χ4v) is 3.22. The van der Waals surface area contributed by atoms with Gasteiger partial charge in [0, 0.05) is 18.0 Å². The maximum Gasteiger partial charge on any atom is 0.233 e. The highest BCUT2D eigenvalue weighted by Crippen LogP contribution is 2.20. The Hall–Kier alpha value is -1.78. The van der Waals surface area contributed by atoms with Crippen LogP contribution in [-0.2, 0) is 16.1 Å². The average Bonchev–Trinajstić information content (AvgIpc) is 2.54. The summed E-state index contributed by atoms with van der Waals surface area (Å²) in [7, 11) is 0. The summed E-state index contributed by atoms with van der Waals surface area (Å²) in [5.74, 6) is 0.684. The van der Waals surface area contributed by atoms with E-state index in [1.54, 1.807) is 11.8 Å². The fourth-order valence-electron chi connectivity index (χ4n) is 2.40. The first-order chi connectivity index (χ1) is 11.2. The van der Waals surface area contributed by atoms with Gasteiger partial charge in [0.25, 0.3) is 0 Å². The topological polar surface area (TPSA) is 29.5 Å². The normalized spacial score (nSPS) is 14.6. The summed E-state index contributed by atoms with van der Waals surface area (Å²) in [6.07, 6.45) is 0.168. The number of thioether (sulfide) groups is 1. The van der Waals surface area contributed by atoms with E-state index in [-0.39, 0.29) is 12.0 Å². The van der Waals surface area contributed by atoms with Gasteiger partial charge in [0.05, 0.1) is 18.5 Å². The number of likely N-dealkylation sites (tertiary alicyclic amines) is 1. The molecule has 23 heavy (non-hydrogen) atoms. The maximum atomic E-state index is 12.1. The van der Waals surface area contributed by atoms with E-state index in [4.69, 9.17) is 4.74 Å². The molecule has 1 saturated heterocycles. The lowest BCUT2D eigenvalue weighted by atomic mass is 10.1. The SMILES string of the molecule is Cc1ccc(COC2CN(C(=O)CSc3ccccc3)C2)cc1. The molecule has 1 aliphatic rings. The second kappa shape index (κ2) is 7.66. The van der Waals surface area contributed by atoms with Crippen LogP contribution in [0, 0.1) is 6.92 Å². The first-order valence-electron chi connectivity index (χ1n) is 7.83. The summed E-state index contributed by atoms with van der Waals surface area (Å²) in [6.45, 7) is 4.11. The van der Waals surface area contributed by atoms with Gasteiger partial charge in [-0.3, -0.25) is 4.79 Å². The van der Waals surface area contributed by atoms with Crippen molar-refractivity contribution in [3.8, 4) is 0 Å². The van der Waals surface area contributed by atoms with Crippen molar-refractivity contribution >= 4 is 17.7 Å². The number of hydrogen-bond donors (Lipinski definition) is 0. The van der Waals surface area contributed by atoms with E-state index in [0.29, 0.717) is 25.4 Å². The van der Waals surface area contributed by atoms with Crippen molar-refractivity contribution in [3.05, 3.63) is 65.7 Å². The Labute approximate surface area is 141 Å². The van der Waals surface area contributed by atoms with Crippen molar-refractivity contribution < 1.29 is 9.53 Å². The van der Waals surface area contributed by atoms with Crippen LogP contribution in [0.3, 0.4) is 0 Å². The third-order valence-corrected chi connectivity index (χ3v) is 4.91. The minimum absolute atomic E-state index is 0.168. The summed E-state index contributed by atoms with van der Waals surface area (Å²) < 4.78 is 5.85. The van der Waals surface area contributed by atoms with Crippen LogP contribution < -0.4 is 0 Å². The van der Waals surface area contributed by atoms with E-state index >= 15 is 0 Å². The van der Waals surface area contributed by atoms with Crippen LogP contribution in [0.15, 0.2) is 59.5 Å². The summed E-state index contributed by atoms with van der Waals surface area (Å²) in [5.41, 5.74) is 2.44. The third kappa shape index (κ3) is 4.60. The van der Waals surface area contributed by atoms with Crippen LogP contribution in [0.25, 0.3) is 0 Å². The van der Waals surface area contributed by atoms with E-state index in [0.717, 1.165) is 4.90 Å². The Morgan fingerprint density at radius 1 is 1.13 bits per heavy atom. The number of benzene rings is 2. The van der Waals surface area contributed by atoms with Crippen molar-refractivity contribution in [2.75, 3.05) is 18.8 Å². The zero-order valence-corrected chi connectivity index (χ0v) is 14.1. The number of hydrogen-bond acceptors (Lipinski definition) is 3. The van der Waals surface area contributed by atoms with E-state index in [9.17, 15) is 4.79 Å². The van der Waals surface area contributed by atoms with Crippen LogP contribution in [0.2, 0.25) is 0 Å². The number of carbonyl (C=O) groups excluding carboxylic acids is 1. The van der Waals surface area contributed by atoms with Gasteiger partial charge in [-0.05, 0) is 24.6 Å². The highest BCUT2D eigenvalue weighted by molar-refractivity contribution is 8.00. The van der Waals surface area contributed by atoms with Crippen LogP contribution in [0.4, 0.5) is 0 Å². The molecule has 1 amide bonds. The van der Waals surface area contributed by atoms with E-state index in [1.165, 1.54) is 11.1 Å². The molecule has 0 spiro atoms. The molecule has 0 bridgehead atoms. The molecule has 1 fully saturated rings. The molecule has 0 saturated carbocycles. The van der Waals surface area contributed by atoms with Crippen molar-refractivity contribution in [1.29, 1.82) is 0 Å². The summed E-state index contributed by atoms with van der Waals surface area (Å²) in [5, 5.41) is 0. The number of ether oxygens (including phenoxy) is 1. The second-order valence-corrected chi connectivity index (χ2v) is 6.87. The van der Waals surface area contributed by atoms with Crippen LogP contribution >= 0.6 is 11.8 Å². The number of amides is 1. The molecular formula is C19H21NO2S. The summed E-state index contributed by atoms with van der Waals surface area (Å²) >= 11 is 1.59. The van der Waals surface area contributed by atoms with Gasteiger partial charge in [-0.15, -0.1) is 11.8 Å². The molecular weight excluding hydrogens is 306 g/mol. The van der Waals surface area contributed by atoms with Crippen LogP contribution in [0.1, 0.15) is 11.1 Å². The summed E-state index contributed by atoms with van der Waals surface area (Å²) in [6, 6.07) is 18.4. The fraction of sp³-hybridized carbons (Fsp3) is 0.316. The molecule has 1 heterocycles. The number of nitrogens with zero attached hydrogens (tertiary/aromatic N) is 1. The lowest BCUT2D eigenvalue weighted by Gasteiger charge is -2.38. The largest absolute Gasteiger partial charge is 0.370 e. The Morgan fingerprint density at radius 2 is 1.83 bits per heavy atom. The monoisotopic (exact) mass is 327 g/mol. The zero-order valence-electron chi connectivity index (χ0n) is 13.3. The molecule has 3 nitrogen and oxygen atoms in total. The van der Waals surface area contributed by atoms with Gasteiger partial charge >= 0.3 is 0 Å². The molecule has 2 aromatic rings. The highest BCUT2D eigenvalue weighted by Gasteiger charge is 2.30. The lowest BCUT2D eigenvalue weighted by Crippen LogP contribution is -2.55. The standard InChI is InChI=1S/C19H21NO2S/c1-15-7-9-16(10-8-15)13-22-17-11-20(12-17)19(21)14-23-18-5-3-2-4-6-18/h2-10,17H,11-14H2,1H3. The molecule has 1 aliphatic heterocycles. The van der Waals surface area contributed by atoms with Gasteiger partial charge in [0.15, 0.2) is 0 Å². The molecule has 0 aliphatic carbocycles. The maximum absolute atomic E-state index is 12.1. The molecule has 4 heteroatoms. The van der Waals surface area contributed by atoms with Gasteiger partial charge in [0.1, 0.15) is 0 Å². The Bertz CT molecular complexity index is 636. The first kappa shape index (κ1) is 16.1. The van der Waals surface area contributed by atoms with Crippen molar-refractivity contribution in [3.63, 3.8) is 0 Å². The van der Waals surface area contributed by atoms with Gasteiger partial charge in [0.2, 0.25) is 5.91 Å². The number of carbonyl (C=O) groups is 1. The Morgan fingerprint density at radius 3 is 2.52 bits per heavy atom. The lowest BCUT2D eigenvalue weighted by molar-refractivity contribution is -0.142. The van der Waals surface area contributed by atoms with E-state index in [1.807, 2.05) is 35.2 Å². The molecule has 0 unspecified atom stereocenters. The van der Waals surface area contributed by atoms with Gasteiger partial charge in [-0.1, -0.05) is 48.0 Å².